The SMILES string of the molecule is COc1cc(NC(=O)N2CCC(c3nc(-c4ccccn4)no3)CC2)cc(OC)c1. The molecule has 1 fully saturated rings. The van der Waals surface area contributed by atoms with E-state index in [1.165, 1.54) is 0 Å². The Bertz CT molecular complexity index is 977. The molecule has 1 aliphatic rings. The summed E-state index contributed by atoms with van der Waals surface area (Å²) in [6.07, 6.45) is 3.19. The Balaban J connectivity index is 1.36. The molecule has 0 spiro atoms. The van der Waals surface area contributed by atoms with Gasteiger partial charge in [0.2, 0.25) is 11.7 Å². The quantitative estimate of drug-likeness (QED) is 0.687. The number of piperidine rings is 1. The second-order valence-electron chi connectivity index (χ2n) is 6.96. The third kappa shape index (κ3) is 4.35. The molecule has 30 heavy (non-hydrogen) atoms. The molecule has 9 heteroatoms. The van der Waals surface area contributed by atoms with E-state index >= 15 is 0 Å². The average molecular weight is 409 g/mol. The van der Waals surface area contributed by atoms with Crippen molar-refractivity contribution in [3.05, 3.63) is 48.5 Å². The number of nitrogens with zero attached hydrogens (tertiary/aromatic N) is 4. The van der Waals surface area contributed by atoms with Crippen LogP contribution in [0.25, 0.3) is 11.5 Å². The first-order valence-electron chi connectivity index (χ1n) is 9.70. The van der Waals surface area contributed by atoms with E-state index < -0.39 is 0 Å². The van der Waals surface area contributed by atoms with Crippen LogP contribution in [-0.2, 0) is 0 Å². The third-order valence-electron chi connectivity index (χ3n) is 5.07. The minimum absolute atomic E-state index is 0.121. The summed E-state index contributed by atoms with van der Waals surface area (Å²) < 4.78 is 16.0. The number of hydrogen-bond donors (Lipinski definition) is 1. The van der Waals surface area contributed by atoms with Crippen molar-refractivity contribution in [2.75, 3.05) is 32.6 Å². The predicted molar refractivity (Wildman–Crippen MR) is 110 cm³/mol. The van der Waals surface area contributed by atoms with Gasteiger partial charge in [0.1, 0.15) is 17.2 Å². The number of methoxy groups -OCH3 is 2. The fraction of sp³-hybridized carbons (Fsp3) is 0.333. The highest BCUT2D eigenvalue weighted by atomic mass is 16.5. The van der Waals surface area contributed by atoms with Crippen molar-refractivity contribution in [3.8, 4) is 23.0 Å². The van der Waals surface area contributed by atoms with Crippen LogP contribution < -0.4 is 14.8 Å². The lowest BCUT2D eigenvalue weighted by Gasteiger charge is -2.30. The molecule has 0 radical (unpaired) electrons. The molecule has 2 aromatic heterocycles. The van der Waals surface area contributed by atoms with Gasteiger partial charge in [-0.05, 0) is 25.0 Å². The third-order valence-corrected chi connectivity index (χ3v) is 5.07. The van der Waals surface area contributed by atoms with E-state index in [9.17, 15) is 4.79 Å². The number of ether oxygens (including phenoxy) is 2. The Morgan fingerprint density at radius 1 is 1.13 bits per heavy atom. The molecule has 1 aliphatic heterocycles. The first kappa shape index (κ1) is 19.7. The molecule has 0 saturated carbocycles. The monoisotopic (exact) mass is 409 g/mol. The lowest BCUT2D eigenvalue weighted by atomic mass is 9.97. The number of pyridine rings is 1. The molecule has 1 aromatic carbocycles. The van der Waals surface area contributed by atoms with Crippen molar-refractivity contribution >= 4 is 11.7 Å². The van der Waals surface area contributed by atoms with Gasteiger partial charge in [0.15, 0.2) is 0 Å². The van der Waals surface area contributed by atoms with Crippen molar-refractivity contribution in [2.45, 2.75) is 18.8 Å². The Morgan fingerprint density at radius 2 is 1.87 bits per heavy atom. The molecule has 2 amide bonds. The number of carbonyl (C=O) groups is 1. The molecule has 0 bridgehead atoms. The standard InChI is InChI=1S/C21H23N5O4/c1-28-16-11-15(12-17(13-16)29-2)23-21(27)26-9-6-14(7-10-26)20-24-19(25-30-20)18-5-3-4-8-22-18/h3-5,8,11-14H,6-7,9-10H2,1-2H3,(H,23,27). The fourth-order valence-corrected chi connectivity index (χ4v) is 3.41. The highest BCUT2D eigenvalue weighted by Crippen LogP contribution is 2.29. The molecule has 4 rings (SSSR count). The van der Waals surface area contributed by atoms with Gasteiger partial charge in [0.25, 0.3) is 0 Å². The minimum atomic E-state index is -0.163. The zero-order valence-corrected chi connectivity index (χ0v) is 16.9. The van der Waals surface area contributed by atoms with Crippen LogP contribution >= 0.6 is 0 Å². The van der Waals surface area contributed by atoms with Gasteiger partial charge in [-0.25, -0.2) is 4.79 Å². The maximum Gasteiger partial charge on any atom is 0.321 e. The van der Waals surface area contributed by atoms with Gasteiger partial charge < -0.3 is 24.2 Å². The maximum atomic E-state index is 12.7. The summed E-state index contributed by atoms with van der Waals surface area (Å²) in [5.74, 6) is 2.42. The zero-order chi connectivity index (χ0) is 20.9. The Hall–Kier alpha value is -3.62. The molecular weight excluding hydrogens is 386 g/mol. The van der Waals surface area contributed by atoms with Crippen LogP contribution in [0.1, 0.15) is 24.7 Å². The molecular formula is C21H23N5O4. The van der Waals surface area contributed by atoms with Crippen LogP contribution in [0.5, 0.6) is 11.5 Å². The summed E-state index contributed by atoms with van der Waals surface area (Å²) >= 11 is 0. The number of aromatic nitrogens is 3. The summed E-state index contributed by atoms with van der Waals surface area (Å²) in [6, 6.07) is 10.7. The number of benzene rings is 1. The zero-order valence-electron chi connectivity index (χ0n) is 16.9. The number of nitrogens with one attached hydrogen (secondary N) is 1. The number of carbonyl (C=O) groups excluding carboxylic acids is 1. The number of hydrogen-bond acceptors (Lipinski definition) is 7. The fourth-order valence-electron chi connectivity index (χ4n) is 3.41. The van der Waals surface area contributed by atoms with Gasteiger partial charge >= 0.3 is 6.03 Å². The van der Waals surface area contributed by atoms with E-state index in [1.807, 2.05) is 18.2 Å². The molecule has 3 heterocycles. The number of amides is 2. The molecule has 1 N–H and O–H groups in total. The molecule has 3 aromatic rings. The van der Waals surface area contributed by atoms with Crippen LogP contribution in [0.2, 0.25) is 0 Å². The second kappa shape index (κ2) is 8.81. The summed E-state index contributed by atoms with van der Waals surface area (Å²) in [7, 11) is 3.14. The number of likely N-dealkylation sites (tertiary alicyclic amines) is 1. The normalized spacial score (nSPS) is 14.4. The van der Waals surface area contributed by atoms with E-state index in [4.69, 9.17) is 14.0 Å². The Morgan fingerprint density at radius 3 is 2.50 bits per heavy atom. The lowest BCUT2D eigenvalue weighted by Crippen LogP contribution is -2.40. The van der Waals surface area contributed by atoms with Gasteiger partial charge in [-0.3, -0.25) is 4.98 Å². The summed E-state index contributed by atoms with van der Waals surface area (Å²) in [5.41, 5.74) is 1.30. The van der Waals surface area contributed by atoms with Crippen molar-refractivity contribution in [1.29, 1.82) is 0 Å². The second-order valence-corrected chi connectivity index (χ2v) is 6.96. The van der Waals surface area contributed by atoms with Crippen molar-refractivity contribution in [2.24, 2.45) is 0 Å². The number of urea groups is 1. The van der Waals surface area contributed by atoms with E-state index in [1.54, 1.807) is 43.5 Å². The number of rotatable bonds is 5. The van der Waals surface area contributed by atoms with Crippen LogP contribution in [0.4, 0.5) is 10.5 Å². The first-order chi connectivity index (χ1) is 14.7. The molecule has 0 aliphatic carbocycles. The lowest BCUT2D eigenvalue weighted by molar-refractivity contribution is 0.187. The largest absolute Gasteiger partial charge is 0.497 e. The van der Waals surface area contributed by atoms with E-state index in [0.717, 1.165) is 12.8 Å². The van der Waals surface area contributed by atoms with E-state index in [-0.39, 0.29) is 11.9 Å². The van der Waals surface area contributed by atoms with Gasteiger partial charge in [0, 0.05) is 49.1 Å². The van der Waals surface area contributed by atoms with Crippen molar-refractivity contribution in [3.63, 3.8) is 0 Å². The smallest absolute Gasteiger partial charge is 0.321 e. The van der Waals surface area contributed by atoms with Crippen LogP contribution in [0, 0.1) is 0 Å². The summed E-state index contributed by atoms with van der Waals surface area (Å²) in [4.78, 5) is 23.2. The predicted octanol–water partition coefficient (Wildman–Crippen LogP) is 3.56. The average Bonchev–Trinajstić information content (AvgIpc) is 3.30. The van der Waals surface area contributed by atoms with Gasteiger partial charge in [0.05, 0.1) is 14.2 Å². The first-order valence-corrected chi connectivity index (χ1v) is 9.70. The molecule has 1 saturated heterocycles. The van der Waals surface area contributed by atoms with Crippen LogP contribution in [0.3, 0.4) is 0 Å². The highest BCUT2D eigenvalue weighted by molar-refractivity contribution is 5.90. The molecule has 156 valence electrons. The van der Waals surface area contributed by atoms with E-state index in [2.05, 4.69) is 20.4 Å². The Labute approximate surface area is 174 Å². The Kier molecular flexibility index (Phi) is 5.78. The molecule has 9 nitrogen and oxygen atoms in total. The van der Waals surface area contributed by atoms with Crippen LogP contribution in [0.15, 0.2) is 47.1 Å². The van der Waals surface area contributed by atoms with Crippen LogP contribution in [-0.4, -0.2) is 53.4 Å². The summed E-state index contributed by atoms with van der Waals surface area (Å²) in [6.45, 7) is 1.19. The summed E-state index contributed by atoms with van der Waals surface area (Å²) in [5, 5.41) is 6.95. The minimum Gasteiger partial charge on any atom is -0.497 e. The molecule has 0 atom stereocenters. The topological polar surface area (TPSA) is 103 Å². The van der Waals surface area contributed by atoms with Gasteiger partial charge in [-0.15, -0.1) is 0 Å². The van der Waals surface area contributed by atoms with Gasteiger partial charge in [-0.2, -0.15) is 4.98 Å². The highest BCUT2D eigenvalue weighted by Gasteiger charge is 2.28. The maximum absolute atomic E-state index is 12.7. The number of anilines is 1. The molecule has 0 unspecified atom stereocenters. The van der Waals surface area contributed by atoms with Crippen molar-refractivity contribution < 1.29 is 18.8 Å². The van der Waals surface area contributed by atoms with Gasteiger partial charge in [-0.1, -0.05) is 11.2 Å². The van der Waals surface area contributed by atoms with Crippen molar-refractivity contribution in [1.82, 2.24) is 20.0 Å². The van der Waals surface area contributed by atoms with E-state index in [0.29, 0.717) is 47.7 Å².